The van der Waals surface area contributed by atoms with Crippen molar-refractivity contribution in [3.63, 3.8) is 0 Å². The summed E-state index contributed by atoms with van der Waals surface area (Å²) in [5.74, 6) is -0.135. The van der Waals surface area contributed by atoms with Gasteiger partial charge in [0.1, 0.15) is 0 Å². The third kappa shape index (κ3) is 4.48. The first-order valence-corrected chi connectivity index (χ1v) is 6.28. The van der Waals surface area contributed by atoms with Gasteiger partial charge in [-0.25, -0.2) is 4.79 Å². The van der Waals surface area contributed by atoms with Gasteiger partial charge in [-0.2, -0.15) is 0 Å². The molecule has 114 valence electrons. The number of rotatable bonds is 8. The zero-order valence-corrected chi connectivity index (χ0v) is 12.0. The van der Waals surface area contributed by atoms with E-state index in [1.165, 1.54) is 19.2 Å². The molecule has 0 aliphatic heterocycles. The van der Waals surface area contributed by atoms with Crippen molar-refractivity contribution in [3.05, 3.63) is 40.5 Å². The molecule has 0 bridgehead atoms. The summed E-state index contributed by atoms with van der Waals surface area (Å²) in [6, 6.07) is 2.73. The van der Waals surface area contributed by atoms with Crippen molar-refractivity contribution in [2.45, 2.75) is 13.3 Å². The Labute approximate surface area is 122 Å². The molecule has 1 aromatic rings. The third-order valence-electron chi connectivity index (χ3n) is 2.58. The third-order valence-corrected chi connectivity index (χ3v) is 2.58. The minimum Gasteiger partial charge on any atom is -0.493 e. The Hall–Kier alpha value is -2.57. The molecule has 0 heterocycles. The summed E-state index contributed by atoms with van der Waals surface area (Å²) in [4.78, 5) is 21.8. The smallest absolute Gasteiger partial charge is 0.344 e. The van der Waals surface area contributed by atoms with Gasteiger partial charge in [0.05, 0.1) is 24.7 Å². The average molecular weight is 295 g/mol. The molecule has 0 spiro atoms. The maximum absolute atomic E-state index is 11.3. The fourth-order valence-electron chi connectivity index (χ4n) is 1.69. The monoisotopic (exact) mass is 295 g/mol. The lowest BCUT2D eigenvalue weighted by atomic mass is 10.1. The Bertz CT molecular complexity index is 541. The highest BCUT2D eigenvalue weighted by atomic mass is 16.6. The highest BCUT2D eigenvalue weighted by Crippen LogP contribution is 2.35. The number of nitro groups is 1. The number of hydrogen-bond donors (Lipinski definition) is 0. The quantitative estimate of drug-likeness (QED) is 0.316. The Kier molecular flexibility index (Phi) is 6.19. The highest BCUT2D eigenvalue weighted by Gasteiger charge is 2.19. The van der Waals surface area contributed by atoms with Gasteiger partial charge in [-0.1, -0.05) is 6.08 Å². The lowest BCUT2D eigenvalue weighted by Gasteiger charge is -2.12. The summed E-state index contributed by atoms with van der Waals surface area (Å²) < 4.78 is 15.1. The van der Waals surface area contributed by atoms with Crippen LogP contribution < -0.4 is 9.47 Å². The first-order chi connectivity index (χ1) is 10.0. The molecule has 0 saturated heterocycles. The second kappa shape index (κ2) is 7.88. The van der Waals surface area contributed by atoms with Gasteiger partial charge >= 0.3 is 5.97 Å². The Balaban J connectivity index is 3.06. The molecule has 0 atom stereocenters. The van der Waals surface area contributed by atoms with Crippen molar-refractivity contribution < 1.29 is 23.9 Å². The summed E-state index contributed by atoms with van der Waals surface area (Å²) in [5, 5.41) is 11.1. The molecular weight excluding hydrogens is 278 g/mol. The van der Waals surface area contributed by atoms with Gasteiger partial charge in [-0.3, -0.25) is 10.1 Å². The van der Waals surface area contributed by atoms with Crippen molar-refractivity contribution >= 4 is 11.7 Å². The van der Waals surface area contributed by atoms with Crippen LogP contribution in [0, 0.1) is 10.1 Å². The molecule has 0 unspecified atom stereocenters. The van der Waals surface area contributed by atoms with Crippen LogP contribution in [0.3, 0.4) is 0 Å². The molecule has 0 fully saturated rings. The normalized spacial score (nSPS) is 9.81. The van der Waals surface area contributed by atoms with Gasteiger partial charge in [0.25, 0.3) is 5.69 Å². The van der Waals surface area contributed by atoms with Gasteiger partial charge in [-0.05, 0) is 19.4 Å². The maximum atomic E-state index is 11.3. The zero-order valence-electron chi connectivity index (χ0n) is 12.0. The molecule has 0 saturated carbocycles. The average Bonchev–Trinajstić information content (AvgIpc) is 2.45. The van der Waals surface area contributed by atoms with Gasteiger partial charge in [0, 0.05) is 5.56 Å². The van der Waals surface area contributed by atoms with E-state index in [2.05, 4.69) is 6.58 Å². The van der Waals surface area contributed by atoms with Gasteiger partial charge < -0.3 is 14.2 Å². The van der Waals surface area contributed by atoms with Crippen LogP contribution in [-0.4, -0.2) is 31.2 Å². The van der Waals surface area contributed by atoms with Crippen LogP contribution in [0.2, 0.25) is 0 Å². The van der Waals surface area contributed by atoms with Crippen LogP contribution >= 0.6 is 0 Å². The summed E-state index contributed by atoms with van der Waals surface area (Å²) in [7, 11) is 1.41. The van der Waals surface area contributed by atoms with E-state index in [4.69, 9.17) is 14.2 Å². The van der Waals surface area contributed by atoms with E-state index in [0.29, 0.717) is 17.7 Å². The number of carbonyl (C=O) groups excluding carboxylic acids is 1. The number of esters is 1. The summed E-state index contributed by atoms with van der Waals surface area (Å²) >= 11 is 0. The van der Waals surface area contributed by atoms with E-state index in [1.807, 2.05) is 0 Å². The first kappa shape index (κ1) is 16.5. The van der Waals surface area contributed by atoms with E-state index < -0.39 is 10.9 Å². The standard InChI is InChI=1S/C14H17NO6/c1-4-6-10-7-12(19-3)13(8-11(10)15(17)18)21-9-14(16)20-5-2/h4,7-8H,1,5-6,9H2,2-3H3. The number of nitrogens with zero attached hydrogens (tertiary/aromatic N) is 1. The van der Waals surface area contributed by atoms with E-state index in [-0.39, 0.29) is 24.7 Å². The lowest BCUT2D eigenvalue weighted by molar-refractivity contribution is -0.385. The van der Waals surface area contributed by atoms with Crippen LogP contribution in [0.1, 0.15) is 12.5 Å². The van der Waals surface area contributed by atoms with Crippen LogP contribution in [0.4, 0.5) is 5.69 Å². The summed E-state index contributed by atoms with van der Waals surface area (Å²) in [6.45, 7) is 5.12. The number of carbonyl (C=O) groups is 1. The van der Waals surface area contributed by atoms with Crippen molar-refractivity contribution in [2.24, 2.45) is 0 Å². The molecule has 7 nitrogen and oxygen atoms in total. The van der Waals surface area contributed by atoms with E-state index in [9.17, 15) is 14.9 Å². The SMILES string of the molecule is C=CCc1cc(OC)c(OCC(=O)OCC)cc1[N+](=O)[O-]. The molecule has 0 aliphatic carbocycles. The molecule has 0 N–H and O–H groups in total. The van der Waals surface area contributed by atoms with Crippen LogP contribution in [0.5, 0.6) is 11.5 Å². The zero-order chi connectivity index (χ0) is 15.8. The Morgan fingerprint density at radius 2 is 2.14 bits per heavy atom. The molecule has 0 aromatic heterocycles. The summed E-state index contributed by atoms with van der Waals surface area (Å²) in [5.41, 5.74) is 0.338. The number of benzene rings is 1. The van der Waals surface area contributed by atoms with Gasteiger partial charge in [-0.15, -0.1) is 6.58 Å². The predicted molar refractivity (Wildman–Crippen MR) is 75.7 cm³/mol. The van der Waals surface area contributed by atoms with E-state index in [0.717, 1.165) is 0 Å². The van der Waals surface area contributed by atoms with Crippen LogP contribution in [0.15, 0.2) is 24.8 Å². The molecule has 21 heavy (non-hydrogen) atoms. The topological polar surface area (TPSA) is 87.9 Å². The molecule has 0 amide bonds. The number of nitro benzene ring substituents is 1. The number of allylic oxidation sites excluding steroid dienone is 1. The first-order valence-electron chi connectivity index (χ1n) is 6.28. The van der Waals surface area contributed by atoms with E-state index in [1.54, 1.807) is 13.0 Å². The van der Waals surface area contributed by atoms with Crippen molar-refractivity contribution in [1.82, 2.24) is 0 Å². The molecule has 0 radical (unpaired) electrons. The second-order valence-corrected chi connectivity index (χ2v) is 3.98. The number of ether oxygens (including phenoxy) is 3. The minimum absolute atomic E-state index is 0.116. The number of methoxy groups -OCH3 is 1. The van der Waals surface area contributed by atoms with Crippen molar-refractivity contribution in [1.29, 1.82) is 0 Å². The minimum atomic E-state index is -0.558. The van der Waals surface area contributed by atoms with Crippen molar-refractivity contribution in [2.75, 3.05) is 20.3 Å². The molecular formula is C14H17NO6. The maximum Gasteiger partial charge on any atom is 0.344 e. The molecule has 1 rings (SSSR count). The lowest BCUT2D eigenvalue weighted by Crippen LogP contribution is -2.15. The van der Waals surface area contributed by atoms with Crippen LogP contribution in [-0.2, 0) is 16.0 Å². The van der Waals surface area contributed by atoms with Crippen LogP contribution in [0.25, 0.3) is 0 Å². The van der Waals surface area contributed by atoms with E-state index >= 15 is 0 Å². The Morgan fingerprint density at radius 1 is 1.43 bits per heavy atom. The number of hydrogen-bond acceptors (Lipinski definition) is 6. The van der Waals surface area contributed by atoms with Gasteiger partial charge in [0.2, 0.25) is 0 Å². The molecule has 1 aromatic carbocycles. The largest absolute Gasteiger partial charge is 0.493 e. The second-order valence-electron chi connectivity index (χ2n) is 3.98. The predicted octanol–water partition coefficient (Wildman–Crippen LogP) is 2.27. The summed E-state index contributed by atoms with van der Waals surface area (Å²) in [6.07, 6.45) is 1.88. The van der Waals surface area contributed by atoms with Crippen molar-refractivity contribution in [3.8, 4) is 11.5 Å². The highest BCUT2D eigenvalue weighted by molar-refractivity contribution is 5.71. The molecule has 0 aliphatic rings. The fraction of sp³-hybridized carbons (Fsp3) is 0.357. The van der Waals surface area contributed by atoms with Gasteiger partial charge in [0.15, 0.2) is 18.1 Å². The fourth-order valence-corrected chi connectivity index (χ4v) is 1.69. The molecule has 7 heteroatoms. The Morgan fingerprint density at radius 3 is 2.67 bits per heavy atom.